The highest BCUT2D eigenvalue weighted by molar-refractivity contribution is 5.13. The molecule has 4 nitrogen and oxygen atoms in total. The minimum Gasteiger partial charge on any atom is -0.395 e. The molecule has 0 fully saturated rings. The maximum Gasteiger partial charge on any atom is 0.214 e. The van der Waals surface area contributed by atoms with Gasteiger partial charge in [0, 0.05) is 6.04 Å². The quantitative estimate of drug-likeness (QED) is 0.614. The van der Waals surface area contributed by atoms with Crippen LogP contribution in [0.5, 0.6) is 0 Å². The molecule has 0 heterocycles. The molecule has 18 heavy (non-hydrogen) atoms. The van der Waals surface area contributed by atoms with Gasteiger partial charge in [-0.25, -0.2) is 0 Å². The first-order valence-corrected chi connectivity index (χ1v) is 6.32. The number of aliphatic hydroxyl groups excluding tert-OH is 2. The van der Waals surface area contributed by atoms with E-state index in [4.69, 9.17) is 4.74 Å². The van der Waals surface area contributed by atoms with Gasteiger partial charge in [-0.15, -0.1) is 0 Å². The molecule has 3 N–H and O–H groups in total. The zero-order chi connectivity index (χ0) is 13.4. The summed E-state index contributed by atoms with van der Waals surface area (Å²) in [5, 5.41) is 21.7. The van der Waals surface area contributed by atoms with Crippen LogP contribution in [0.25, 0.3) is 0 Å². The molecule has 0 saturated carbocycles. The largest absolute Gasteiger partial charge is 0.395 e. The number of ether oxygens (including phenoxy) is 1. The lowest BCUT2D eigenvalue weighted by atomic mass is 10.0. The van der Waals surface area contributed by atoms with Gasteiger partial charge in [-0.05, 0) is 17.9 Å². The first kappa shape index (κ1) is 15.1. The van der Waals surface area contributed by atoms with Gasteiger partial charge in [-0.2, -0.15) is 0 Å². The van der Waals surface area contributed by atoms with Crippen LogP contribution < -0.4 is 5.32 Å². The van der Waals surface area contributed by atoms with E-state index in [1.165, 1.54) is 0 Å². The van der Waals surface area contributed by atoms with E-state index < -0.39 is 6.41 Å². The lowest BCUT2D eigenvalue weighted by molar-refractivity contribution is -0.137. The minimum atomic E-state index is -1.05. The molecule has 4 heteroatoms. The first-order valence-electron chi connectivity index (χ1n) is 6.32. The van der Waals surface area contributed by atoms with Crippen molar-refractivity contribution in [3.63, 3.8) is 0 Å². The van der Waals surface area contributed by atoms with Crippen molar-refractivity contribution in [1.29, 1.82) is 0 Å². The Balaban J connectivity index is 2.30. The SMILES string of the molecule is CC(C)CC(CO)NC(O)OCc1ccccc1. The molecule has 0 aliphatic carbocycles. The number of aliphatic hydroxyl groups is 2. The van der Waals surface area contributed by atoms with Crippen molar-refractivity contribution in [3.05, 3.63) is 35.9 Å². The van der Waals surface area contributed by atoms with Crippen molar-refractivity contribution in [2.75, 3.05) is 6.61 Å². The van der Waals surface area contributed by atoms with Gasteiger partial charge in [0.05, 0.1) is 13.2 Å². The van der Waals surface area contributed by atoms with Crippen molar-refractivity contribution >= 4 is 0 Å². The van der Waals surface area contributed by atoms with E-state index in [0.29, 0.717) is 12.5 Å². The monoisotopic (exact) mass is 253 g/mol. The van der Waals surface area contributed by atoms with Gasteiger partial charge in [0.25, 0.3) is 0 Å². The van der Waals surface area contributed by atoms with E-state index in [2.05, 4.69) is 19.2 Å². The molecule has 0 aliphatic rings. The lowest BCUT2D eigenvalue weighted by Crippen LogP contribution is -2.42. The maximum atomic E-state index is 9.68. The molecule has 1 aromatic carbocycles. The molecule has 0 bridgehead atoms. The third kappa shape index (κ3) is 6.12. The molecule has 2 atom stereocenters. The zero-order valence-corrected chi connectivity index (χ0v) is 11.0. The van der Waals surface area contributed by atoms with Crippen LogP contribution in [0.15, 0.2) is 30.3 Å². The third-order valence-corrected chi connectivity index (χ3v) is 2.61. The Morgan fingerprint density at radius 3 is 2.44 bits per heavy atom. The number of nitrogens with one attached hydrogen (secondary N) is 1. The van der Waals surface area contributed by atoms with Crippen molar-refractivity contribution in [2.45, 2.75) is 39.3 Å². The summed E-state index contributed by atoms with van der Waals surface area (Å²) in [7, 11) is 0. The molecular weight excluding hydrogens is 230 g/mol. The minimum absolute atomic E-state index is 0.00998. The normalized spacial score (nSPS) is 14.7. The molecule has 102 valence electrons. The molecule has 0 saturated heterocycles. The fourth-order valence-electron chi connectivity index (χ4n) is 1.76. The molecule has 1 aromatic rings. The predicted molar refractivity (Wildman–Crippen MR) is 70.7 cm³/mol. The van der Waals surface area contributed by atoms with E-state index in [1.54, 1.807) is 0 Å². The van der Waals surface area contributed by atoms with Gasteiger partial charge in [0.1, 0.15) is 0 Å². The van der Waals surface area contributed by atoms with Crippen LogP contribution in [0, 0.1) is 5.92 Å². The number of hydrogen-bond acceptors (Lipinski definition) is 4. The van der Waals surface area contributed by atoms with Gasteiger partial charge in [0.2, 0.25) is 6.41 Å². The summed E-state index contributed by atoms with van der Waals surface area (Å²) in [6.07, 6.45) is -0.261. The summed E-state index contributed by atoms with van der Waals surface area (Å²) in [5.41, 5.74) is 1.00. The van der Waals surface area contributed by atoms with Gasteiger partial charge >= 0.3 is 0 Å². The van der Waals surface area contributed by atoms with Gasteiger partial charge in [0.15, 0.2) is 0 Å². The Bertz CT molecular complexity index is 316. The van der Waals surface area contributed by atoms with Crippen LogP contribution in [0.3, 0.4) is 0 Å². The molecule has 1 rings (SSSR count). The van der Waals surface area contributed by atoms with E-state index >= 15 is 0 Å². The average Bonchev–Trinajstić information content (AvgIpc) is 2.36. The summed E-state index contributed by atoms with van der Waals surface area (Å²) < 4.78 is 5.28. The van der Waals surface area contributed by atoms with Crippen LogP contribution in [0.2, 0.25) is 0 Å². The summed E-state index contributed by atoms with van der Waals surface area (Å²) in [6.45, 7) is 4.47. The van der Waals surface area contributed by atoms with Gasteiger partial charge in [-0.3, -0.25) is 5.32 Å². The Kier molecular flexibility index (Phi) is 6.90. The van der Waals surface area contributed by atoms with Crippen LogP contribution in [-0.4, -0.2) is 29.3 Å². The fourth-order valence-corrected chi connectivity index (χ4v) is 1.76. The number of hydrogen-bond donors (Lipinski definition) is 3. The maximum absolute atomic E-state index is 9.68. The molecule has 2 unspecified atom stereocenters. The highest BCUT2D eigenvalue weighted by atomic mass is 16.6. The molecule has 0 amide bonds. The summed E-state index contributed by atoms with van der Waals surface area (Å²) >= 11 is 0. The molecular formula is C14H23NO3. The van der Waals surface area contributed by atoms with Gasteiger partial charge in [-0.1, -0.05) is 44.2 Å². The smallest absolute Gasteiger partial charge is 0.214 e. The highest BCUT2D eigenvalue weighted by Crippen LogP contribution is 2.06. The van der Waals surface area contributed by atoms with E-state index in [1.807, 2.05) is 30.3 Å². The predicted octanol–water partition coefficient (Wildman–Crippen LogP) is 1.48. The van der Waals surface area contributed by atoms with Crippen LogP contribution in [0.1, 0.15) is 25.8 Å². The Hall–Kier alpha value is -0.940. The Morgan fingerprint density at radius 2 is 1.89 bits per heavy atom. The summed E-state index contributed by atoms with van der Waals surface area (Å²) in [5.74, 6) is 0.455. The second-order valence-corrected chi connectivity index (χ2v) is 4.82. The second kappa shape index (κ2) is 8.21. The molecule has 0 radical (unpaired) electrons. The van der Waals surface area contributed by atoms with E-state index in [9.17, 15) is 10.2 Å². The highest BCUT2D eigenvalue weighted by Gasteiger charge is 2.14. The Labute approximate surface area is 109 Å². The van der Waals surface area contributed by atoms with Gasteiger partial charge < -0.3 is 14.9 Å². The topological polar surface area (TPSA) is 61.7 Å². The molecule has 0 aliphatic heterocycles. The molecule has 0 spiro atoms. The number of rotatable bonds is 8. The third-order valence-electron chi connectivity index (χ3n) is 2.61. The van der Waals surface area contributed by atoms with Crippen molar-refractivity contribution in [3.8, 4) is 0 Å². The summed E-state index contributed by atoms with van der Waals surface area (Å²) in [6, 6.07) is 9.51. The lowest BCUT2D eigenvalue weighted by Gasteiger charge is -2.22. The second-order valence-electron chi connectivity index (χ2n) is 4.82. The van der Waals surface area contributed by atoms with Crippen molar-refractivity contribution in [1.82, 2.24) is 5.32 Å². The van der Waals surface area contributed by atoms with Crippen LogP contribution >= 0.6 is 0 Å². The molecule has 0 aromatic heterocycles. The average molecular weight is 253 g/mol. The van der Waals surface area contributed by atoms with Crippen LogP contribution in [-0.2, 0) is 11.3 Å². The van der Waals surface area contributed by atoms with Crippen molar-refractivity contribution < 1.29 is 14.9 Å². The first-order chi connectivity index (χ1) is 8.61. The van der Waals surface area contributed by atoms with Crippen molar-refractivity contribution in [2.24, 2.45) is 5.92 Å². The standard InChI is InChI=1S/C14H23NO3/c1-11(2)8-13(9-16)15-14(17)18-10-12-6-4-3-5-7-12/h3-7,11,13-17H,8-10H2,1-2H3. The summed E-state index contributed by atoms with van der Waals surface area (Å²) in [4.78, 5) is 0. The van der Waals surface area contributed by atoms with E-state index in [-0.39, 0.29) is 12.6 Å². The number of benzene rings is 1. The van der Waals surface area contributed by atoms with Crippen LogP contribution in [0.4, 0.5) is 0 Å². The fraction of sp³-hybridized carbons (Fsp3) is 0.571. The zero-order valence-electron chi connectivity index (χ0n) is 11.0. The Morgan fingerprint density at radius 1 is 1.22 bits per heavy atom. The van der Waals surface area contributed by atoms with E-state index in [0.717, 1.165) is 12.0 Å².